The predicted octanol–water partition coefficient (Wildman–Crippen LogP) is 4.22. The van der Waals surface area contributed by atoms with E-state index in [9.17, 15) is 19.5 Å². The summed E-state index contributed by atoms with van der Waals surface area (Å²) in [6.07, 6.45) is 1.25. The van der Waals surface area contributed by atoms with Crippen LogP contribution in [0.15, 0.2) is 0 Å². The third-order valence-electron chi connectivity index (χ3n) is 5.70. The van der Waals surface area contributed by atoms with Crippen LogP contribution in [0.5, 0.6) is 0 Å². The smallest absolute Gasteiger partial charge is 0.312 e. The Hall–Kier alpha value is -1.63. The van der Waals surface area contributed by atoms with Crippen molar-refractivity contribution in [3.05, 3.63) is 0 Å². The van der Waals surface area contributed by atoms with Gasteiger partial charge in [0.1, 0.15) is 12.2 Å². The monoisotopic (exact) mass is 416 g/mol. The number of hydrogen-bond donors (Lipinski definition) is 1. The Balaban J connectivity index is 5.88. The van der Waals surface area contributed by atoms with Crippen molar-refractivity contribution in [2.75, 3.05) is 20.3 Å². The van der Waals surface area contributed by atoms with Crippen molar-refractivity contribution in [1.29, 1.82) is 0 Å². The van der Waals surface area contributed by atoms with E-state index in [1.54, 1.807) is 27.7 Å². The minimum Gasteiger partial charge on any atom is -0.481 e. The van der Waals surface area contributed by atoms with Gasteiger partial charge in [-0.3, -0.25) is 14.4 Å². The number of carbonyl (C=O) groups is 3. The second kappa shape index (κ2) is 10.4. The quantitative estimate of drug-likeness (QED) is 0.354. The lowest BCUT2D eigenvalue weighted by Gasteiger charge is -2.40. The molecule has 7 heteroatoms. The first kappa shape index (κ1) is 27.4. The summed E-state index contributed by atoms with van der Waals surface area (Å²) in [7, 11) is 1.50. The molecule has 0 fully saturated rings. The largest absolute Gasteiger partial charge is 0.481 e. The lowest BCUT2D eigenvalue weighted by atomic mass is 9.65. The topological polar surface area (TPSA) is 99.1 Å². The van der Waals surface area contributed by atoms with Crippen LogP contribution in [-0.4, -0.2) is 48.9 Å². The highest BCUT2D eigenvalue weighted by atomic mass is 16.6. The van der Waals surface area contributed by atoms with E-state index in [4.69, 9.17) is 14.2 Å². The number of esters is 2. The summed E-state index contributed by atoms with van der Waals surface area (Å²) >= 11 is 0. The number of hydrogen-bond acceptors (Lipinski definition) is 6. The van der Waals surface area contributed by atoms with Gasteiger partial charge in [0.25, 0.3) is 0 Å². The summed E-state index contributed by atoms with van der Waals surface area (Å²) in [6.45, 7) is 14.3. The molecule has 0 aliphatic rings. The summed E-state index contributed by atoms with van der Waals surface area (Å²) < 4.78 is 16.0. The first-order valence-electron chi connectivity index (χ1n) is 10.2. The number of ether oxygens (including phenoxy) is 3. The van der Waals surface area contributed by atoms with Crippen LogP contribution in [0, 0.1) is 16.2 Å². The minimum atomic E-state index is -1.18. The Kier molecular flexibility index (Phi) is 9.83. The van der Waals surface area contributed by atoms with Crippen LogP contribution in [0.1, 0.15) is 81.1 Å². The average Bonchev–Trinajstić information content (AvgIpc) is 2.60. The molecule has 29 heavy (non-hydrogen) atoms. The molecule has 0 aromatic heterocycles. The normalized spacial score (nSPS) is 16.4. The third-order valence-corrected chi connectivity index (χ3v) is 5.70. The standard InChI is InChI=1S/C22H40O7/c1-10-20(5,6)29-18(26)21(7,11-2)15-22(8,14-19(3,4)16(23)24)17(25)28-13-12-27-9/h10-15H2,1-9H3,(H,23,24). The van der Waals surface area contributed by atoms with E-state index in [-0.39, 0.29) is 26.1 Å². The average molecular weight is 417 g/mol. The van der Waals surface area contributed by atoms with Crippen LogP contribution < -0.4 is 0 Å². The Morgan fingerprint density at radius 1 is 0.793 bits per heavy atom. The summed E-state index contributed by atoms with van der Waals surface area (Å²) in [4.78, 5) is 37.7. The van der Waals surface area contributed by atoms with Crippen molar-refractivity contribution in [2.24, 2.45) is 16.2 Å². The van der Waals surface area contributed by atoms with Gasteiger partial charge >= 0.3 is 17.9 Å². The Morgan fingerprint density at radius 2 is 1.34 bits per heavy atom. The Bertz CT molecular complexity index is 582. The second-order valence-electron chi connectivity index (χ2n) is 9.65. The first-order valence-corrected chi connectivity index (χ1v) is 10.2. The minimum absolute atomic E-state index is 0.0290. The maximum atomic E-state index is 13.0. The second-order valence-corrected chi connectivity index (χ2v) is 9.65. The molecule has 0 spiro atoms. The molecule has 0 aromatic carbocycles. The van der Waals surface area contributed by atoms with Gasteiger partial charge in [-0.2, -0.15) is 0 Å². The van der Waals surface area contributed by atoms with Gasteiger partial charge in [-0.15, -0.1) is 0 Å². The molecule has 2 unspecified atom stereocenters. The van der Waals surface area contributed by atoms with E-state index >= 15 is 0 Å². The van der Waals surface area contributed by atoms with Gasteiger partial charge in [0, 0.05) is 7.11 Å². The van der Waals surface area contributed by atoms with Crippen LogP contribution in [0.2, 0.25) is 0 Å². The van der Waals surface area contributed by atoms with Gasteiger partial charge in [-0.1, -0.05) is 13.8 Å². The molecule has 0 aliphatic heterocycles. The van der Waals surface area contributed by atoms with Crippen molar-refractivity contribution in [2.45, 2.75) is 86.7 Å². The molecule has 2 atom stereocenters. The molecule has 1 N–H and O–H groups in total. The molecule has 7 nitrogen and oxygen atoms in total. The number of rotatable bonds is 13. The first-order chi connectivity index (χ1) is 13.1. The van der Waals surface area contributed by atoms with Gasteiger partial charge in [0.05, 0.1) is 22.9 Å². The van der Waals surface area contributed by atoms with Gasteiger partial charge < -0.3 is 19.3 Å². The van der Waals surface area contributed by atoms with Gasteiger partial charge in [-0.05, 0) is 67.2 Å². The zero-order valence-electron chi connectivity index (χ0n) is 19.6. The predicted molar refractivity (Wildman–Crippen MR) is 110 cm³/mol. The molecular formula is C22H40O7. The van der Waals surface area contributed by atoms with Crippen LogP contribution in [0.25, 0.3) is 0 Å². The molecule has 170 valence electrons. The lowest BCUT2D eigenvalue weighted by Crippen LogP contribution is -2.45. The fraction of sp³-hybridized carbons (Fsp3) is 0.864. The van der Waals surface area contributed by atoms with E-state index in [0.717, 1.165) is 0 Å². The van der Waals surface area contributed by atoms with Crippen molar-refractivity contribution >= 4 is 17.9 Å². The van der Waals surface area contributed by atoms with Crippen LogP contribution in [0.3, 0.4) is 0 Å². The molecule has 0 aliphatic carbocycles. The molecule has 0 aromatic rings. The lowest BCUT2D eigenvalue weighted by molar-refractivity contribution is -0.175. The fourth-order valence-electron chi connectivity index (χ4n) is 3.30. The van der Waals surface area contributed by atoms with Crippen molar-refractivity contribution in [3.8, 4) is 0 Å². The molecule has 0 radical (unpaired) electrons. The van der Waals surface area contributed by atoms with E-state index in [1.807, 2.05) is 27.7 Å². The third kappa shape index (κ3) is 7.96. The highest BCUT2D eigenvalue weighted by Crippen LogP contribution is 2.46. The maximum absolute atomic E-state index is 13.0. The molecular weight excluding hydrogens is 376 g/mol. The van der Waals surface area contributed by atoms with E-state index < -0.39 is 39.8 Å². The van der Waals surface area contributed by atoms with E-state index in [0.29, 0.717) is 12.8 Å². The van der Waals surface area contributed by atoms with Gasteiger partial charge in [-0.25, -0.2) is 0 Å². The van der Waals surface area contributed by atoms with Crippen LogP contribution in [0.4, 0.5) is 0 Å². The number of aliphatic carboxylic acids is 1. The Morgan fingerprint density at radius 3 is 1.76 bits per heavy atom. The van der Waals surface area contributed by atoms with Crippen LogP contribution >= 0.6 is 0 Å². The number of carboxylic acid groups (broad SMARTS) is 1. The maximum Gasteiger partial charge on any atom is 0.312 e. The molecule has 0 saturated heterocycles. The number of methoxy groups -OCH3 is 1. The van der Waals surface area contributed by atoms with Crippen LogP contribution in [-0.2, 0) is 28.6 Å². The number of carbonyl (C=O) groups excluding carboxylic acids is 2. The van der Waals surface area contributed by atoms with Gasteiger partial charge in [0.2, 0.25) is 0 Å². The summed E-state index contributed by atoms with van der Waals surface area (Å²) in [6, 6.07) is 0. The summed E-state index contributed by atoms with van der Waals surface area (Å²) in [5.74, 6) is -1.94. The summed E-state index contributed by atoms with van der Waals surface area (Å²) in [5.41, 5.74) is -3.94. The Labute approximate surface area is 175 Å². The highest BCUT2D eigenvalue weighted by Gasteiger charge is 2.50. The molecule has 0 heterocycles. The molecule has 0 rings (SSSR count). The van der Waals surface area contributed by atoms with Gasteiger partial charge in [0.15, 0.2) is 0 Å². The molecule has 0 saturated carbocycles. The summed E-state index contributed by atoms with van der Waals surface area (Å²) in [5, 5.41) is 9.59. The zero-order valence-corrected chi connectivity index (χ0v) is 19.6. The molecule has 0 amide bonds. The SMILES string of the molecule is CCC(C)(C)OC(=O)C(C)(CC)CC(C)(CC(C)(C)C(=O)O)C(=O)OCCOC. The molecule has 0 bridgehead atoms. The zero-order chi connectivity index (χ0) is 23.1. The van der Waals surface area contributed by atoms with E-state index in [1.165, 1.54) is 7.11 Å². The highest BCUT2D eigenvalue weighted by molar-refractivity contribution is 5.82. The van der Waals surface area contributed by atoms with Crippen molar-refractivity contribution in [3.63, 3.8) is 0 Å². The van der Waals surface area contributed by atoms with Crippen molar-refractivity contribution < 1.29 is 33.7 Å². The number of carboxylic acids is 1. The fourth-order valence-corrected chi connectivity index (χ4v) is 3.30. The van der Waals surface area contributed by atoms with E-state index in [2.05, 4.69) is 0 Å². The van der Waals surface area contributed by atoms with Crippen molar-refractivity contribution in [1.82, 2.24) is 0 Å².